The van der Waals surface area contributed by atoms with Gasteiger partial charge in [-0.3, -0.25) is 14.4 Å². The number of hydrogen-bond acceptors (Lipinski definition) is 6. The Labute approximate surface area is 302 Å². The van der Waals surface area contributed by atoms with Crippen LogP contribution in [-0.2, 0) is 19.1 Å². The van der Waals surface area contributed by atoms with E-state index in [1.165, 1.54) is 162 Å². The molecule has 0 saturated carbocycles. The van der Waals surface area contributed by atoms with Gasteiger partial charge in [-0.25, -0.2) is 0 Å². The molecular formula is C42H81NO6. The van der Waals surface area contributed by atoms with Crippen LogP contribution in [0.25, 0.3) is 0 Å². The van der Waals surface area contributed by atoms with Gasteiger partial charge in [0.05, 0.1) is 6.10 Å². The number of carbonyl (C=O) groups is 3. The minimum atomic E-state index is -1.57. The van der Waals surface area contributed by atoms with Crippen molar-refractivity contribution in [2.45, 2.75) is 251 Å². The van der Waals surface area contributed by atoms with Crippen molar-refractivity contribution in [3.63, 3.8) is 0 Å². The van der Waals surface area contributed by atoms with Crippen molar-refractivity contribution < 1.29 is 29.3 Å². The molecule has 0 aliphatic heterocycles. The lowest BCUT2D eigenvalue weighted by atomic mass is 9.93. The number of unbranched alkanes of at least 4 members (excludes halogenated alkanes) is 27. The Morgan fingerprint density at radius 2 is 0.837 bits per heavy atom. The number of aliphatic hydroxyl groups is 2. The van der Waals surface area contributed by atoms with Gasteiger partial charge in [-0.1, -0.05) is 194 Å². The summed E-state index contributed by atoms with van der Waals surface area (Å²) in [6, 6.07) is -1.19. The van der Waals surface area contributed by atoms with Gasteiger partial charge in [0, 0.05) is 13.3 Å². The van der Waals surface area contributed by atoms with Crippen LogP contribution >= 0.6 is 0 Å². The van der Waals surface area contributed by atoms with Crippen LogP contribution in [0.2, 0.25) is 0 Å². The highest BCUT2D eigenvalue weighted by Gasteiger charge is 2.38. The maximum atomic E-state index is 12.9. The van der Waals surface area contributed by atoms with Gasteiger partial charge in [0.2, 0.25) is 5.91 Å². The zero-order valence-electron chi connectivity index (χ0n) is 32.8. The Morgan fingerprint density at radius 1 is 0.510 bits per heavy atom. The molecule has 0 saturated heterocycles. The van der Waals surface area contributed by atoms with Crippen molar-refractivity contribution in [3.8, 4) is 0 Å². The summed E-state index contributed by atoms with van der Waals surface area (Å²) < 4.78 is 5.43. The first kappa shape index (κ1) is 47.5. The van der Waals surface area contributed by atoms with Crippen molar-refractivity contribution >= 4 is 17.7 Å². The van der Waals surface area contributed by atoms with Crippen molar-refractivity contribution in [1.82, 2.24) is 5.32 Å². The molecule has 0 fully saturated rings. The van der Waals surface area contributed by atoms with Gasteiger partial charge in [-0.05, 0) is 19.8 Å². The van der Waals surface area contributed by atoms with Crippen LogP contribution in [0.4, 0.5) is 0 Å². The maximum Gasteiger partial charge on any atom is 0.303 e. The van der Waals surface area contributed by atoms with E-state index in [-0.39, 0.29) is 12.3 Å². The number of ether oxygens (including phenoxy) is 1. The number of rotatable bonds is 37. The quantitative estimate of drug-likeness (QED) is 0.0440. The number of ketones is 1. The molecule has 7 nitrogen and oxygen atoms in total. The molecule has 4 unspecified atom stereocenters. The van der Waals surface area contributed by atoms with Gasteiger partial charge in [0.1, 0.15) is 12.1 Å². The molecule has 0 spiro atoms. The van der Waals surface area contributed by atoms with Gasteiger partial charge in [0.15, 0.2) is 11.9 Å². The van der Waals surface area contributed by atoms with Crippen molar-refractivity contribution in [2.75, 3.05) is 0 Å². The fourth-order valence-corrected chi connectivity index (χ4v) is 6.80. The Balaban J connectivity index is 4.32. The molecule has 0 heterocycles. The van der Waals surface area contributed by atoms with E-state index in [1.807, 2.05) is 0 Å². The summed E-state index contributed by atoms with van der Waals surface area (Å²) in [7, 11) is 0. The number of hydrogen-bond donors (Lipinski definition) is 3. The summed E-state index contributed by atoms with van der Waals surface area (Å²) in [5, 5.41) is 24.4. The van der Waals surface area contributed by atoms with Gasteiger partial charge in [-0.15, -0.1) is 0 Å². The van der Waals surface area contributed by atoms with E-state index in [0.717, 1.165) is 32.1 Å². The van der Waals surface area contributed by atoms with E-state index in [0.29, 0.717) is 12.8 Å². The number of esters is 1. The monoisotopic (exact) mass is 696 g/mol. The number of nitrogens with one attached hydrogen (secondary N) is 1. The first-order valence-corrected chi connectivity index (χ1v) is 21.1. The van der Waals surface area contributed by atoms with E-state index >= 15 is 0 Å². The molecule has 4 atom stereocenters. The zero-order chi connectivity index (χ0) is 36.4. The molecule has 0 bridgehead atoms. The average Bonchev–Trinajstić information content (AvgIpc) is 3.07. The highest BCUT2D eigenvalue weighted by Crippen LogP contribution is 2.19. The van der Waals surface area contributed by atoms with Crippen LogP contribution in [0.1, 0.15) is 227 Å². The third-order valence-corrected chi connectivity index (χ3v) is 9.98. The second kappa shape index (κ2) is 35.0. The summed E-state index contributed by atoms with van der Waals surface area (Å²) in [5.41, 5.74) is 0. The fraction of sp³-hybridized carbons (Fsp3) is 0.929. The normalized spacial score (nSPS) is 13.9. The lowest BCUT2D eigenvalue weighted by Gasteiger charge is -2.33. The van der Waals surface area contributed by atoms with Crippen LogP contribution in [0, 0.1) is 0 Å². The molecule has 0 radical (unpaired) electrons. The van der Waals surface area contributed by atoms with Crippen molar-refractivity contribution in [1.29, 1.82) is 0 Å². The number of carbonyl (C=O) groups excluding carboxylic acids is 3. The Bertz CT molecular complexity index is 774. The lowest BCUT2D eigenvalue weighted by molar-refractivity contribution is -0.161. The minimum absolute atomic E-state index is 0.265. The van der Waals surface area contributed by atoms with Crippen LogP contribution in [-0.4, -0.2) is 52.2 Å². The molecule has 0 rings (SSSR count). The van der Waals surface area contributed by atoms with E-state index in [1.54, 1.807) is 0 Å². The molecule has 7 heteroatoms. The second-order valence-electron chi connectivity index (χ2n) is 14.9. The number of amides is 1. The maximum absolute atomic E-state index is 12.9. The van der Waals surface area contributed by atoms with Crippen LogP contribution < -0.4 is 5.32 Å². The molecule has 3 N–H and O–H groups in total. The van der Waals surface area contributed by atoms with E-state index in [9.17, 15) is 24.6 Å². The molecular weight excluding hydrogens is 614 g/mol. The van der Waals surface area contributed by atoms with Gasteiger partial charge in [0.25, 0.3) is 0 Å². The van der Waals surface area contributed by atoms with Crippen molar-refractivity contribution in [3.05, 3.63) is 0 Å². The summed E-state index contributed by atoms with van der Waals surface area (Å²) in [6.07, 6.45) is 32.7. The Kier molecular flexibility index (Phi) is 33.9. The molecule has 0 aromatic rings. The average molecular weight is 696 g/mol. The summed E-state index contributed by atoms with van der Waals surface area (Å²) in [4.78, 5) is 37.0. The van der Waals surface area contributed by atoms with Crippen LogP contribution in [0.3, 0.4) is 0 Å². The minimum Gasteiger partial charge on any atom is -0.457 e. The standard InChI is InChI=1S/C42H81NO6/c1-5-7-9-11-13-15-17-19-20-21-22-23-25-27-29-31-33-35-39(47)43-40(41(48)36(3)44)42(49-37(4)45)38(46)34-32-30-28-26-24-18-16-14-12-10-8-6-2/h38,40-42,46,48H,5-35H2,1-4H3,(H,43,47). The van der Waals surface area contributed by atoms with Crippen molar-refractivity contribution in [2.24, 2.45) is 0 Å². The van der Waals surface area contributed by atoms with E-state index in [2.05, 4.69) is 19.2 Å². The summed E-state index contributed by atoms with van der Waals surface area (Å²) >= 11 is 0. The molecule has 0 aromatic carbocycles. The third-order valence-electron chi connectivity index (χ3n) is 9.98. The third kappa shape index (κ3) is 29.9. The highest BCUT2D eigenvalue weighted by molar-refractivity contribution is 5.83. The zero-order valence-corrected chi connectivity index (χ0v) is 32.8. The molecule has 49 heavy (non-hydrogen) atoms. The van der Waals surface area contributed by atoms with Crippen LogP contribution in [0.5, 0.6) is 0 Å². The number of aliphatic hydroxyl groups excluding tert-OH is 2. The van der Waals surface area contributed by atoms with E-state index in [4.69, 9.17) is 4.74 Å². The smallest absolute Gasteiger partial charge is 0.303 e. The first-order chi connectivity index (χ1) is 23.7. The van der Waals surface area contributed by atoms with E-state index < -0.39 is 36.1 Å². The molecule has 0 aliphatic rings. The summed E-state index contributed by atoms with van der Waals surface area (Å²) in [6.45, 7) is 6.98. The summed E-state index contributed by atoms with van der Waals surface area (Å²) in [5.74, 6) is -1.47. The predicted molar refractivity (Wildman–Crippen MR) is 205 cm³/mol. The van der Waals surface area contributed by atoms with Crippen LogP contribution in [0.15, 0.2) is 0 Å². The predicted octanol–water partition coefficient (Wildman–Crippen LogP) is 10.8. The number of Topliss-reactive ketones (excluding diaryl/α,β-unsaturated/α-hetero) is 1. The molecule has 290 valence electrons. The lowest BCUT2D eigenvalue weighted by Crippen LogP contribution is -2.58. The highest BCUT2D eigenvalue weighted by atomic mass is 16.6. The Morgan fingerprint density at radius 3 is 1.16 bits per heavy atom. The first-order valence-electron chi connectivity index (χ1n) is 21.1. The largest absolute Gasteiger partial charge is 0.457 e. The fourth-order valence-electron chi connectivity index (χ4n) is 6.80. The van der Waals surface area contributed by atoms with Gasteiger partial charge < -0.3 is 20.3 Å². The second-order valence-corrected chi connectivity index (χ2v) is 14.9. The topological polar surface area (TPSA) is 113 Å². The van der Waals surface area contributed by atoms with Gasteiger partial charge in [-0.2, -0.15) is 0 Å². The molecule has 0 aliphatic carbocycles. The molecule has 1 amide bonds. The SMILES string of the molecule is CCCCCCCCCCCCCCCCCCCC(=O)NC(C(O)C(C)=O)C(OC(C)=O)C(O)CCCCCCCCCCCCCC. The molecule has 0 aromatic heterocycles. The van der Waals surface area contributed by atoms with Gasteiger partial charge >= 0.3 is 5.97 Å². The Hall–Kier alpha value is -1.47.